The van der Waals surface area contributed by atoms with Crippen LogP contribution in [0.3, 0.4) is 0 Å². The third-order valence-electron chi connectivity index (χ3n) is 2.49. The van der Waals surface area contributed by atoms with Gasteiger partial charge in [-0.25, -0.2) is 0 Å². The third kappa shape index (κ3) is 10.2. The van der Waals surface area contributed by atoms with Crippen LogP contribution in [0.2, 0.25) is 0 Å². The van der Waals surface area contributed by atoms with Crippen molar-refractivity contribution in [3.63, 3.8) is 0 Å². The highest BCUT2D eigenvalue weighted by molar-refractivity contribution is 4.64. The average molecular weight is 216 g/mol. The van der Waals surface area contributed by atoms with Gasteiger partial charge in [-0.1, -0.05) is 13.8 Å². The van der Waals surface area contributed by atoms with Gasteiger partial charge in [0.15, 0.2) is 0 Å². The molecule has 0 saturated heterocycles. The van der Waals surface area contributed by atoms with Crippen LogP contribution >= 0.6 is 0 Å². The Bertz CT molecular complexity index is 140. The summed E-state index contributed by atoms with van der Waals surface area (Å²) < 4.78 is 5.03. The van der Waals surface area contributed by atoms with Crippen molar-refractivity contribution in [3.8, 4) is 0 Å². The summed E-state index contributed by atoms with van der Waals surface area (Å²) in [4.78, 5) is 2.29. The second-order valence-electron chi connectivity index (χ2n) is 4.78. The molecule has 0 aliphatic rings. The van der Waals surface area contributed by atoms with Gasteiger partial charge in [-0.15, -0.1) is 0 Å². The van der Waals surface area contributed by atoms with Crippen molar-refractivity contribution in [2.24, 2.45) is 5.92 Å². The zero-order chi connectivity index (χ0) is 11.7. The molecule has 0 aromatic heterocycles. The van der Waals surface area contributed by atoms with Gasteiger partial charge in [-0.05, 0) is 26.3 Å². The second-order valence-corrected chi connectivity index (χ2v) is 4.78. The molecule has 0 radical (unpaired) electrons. The zero-order valence-electron chi connectivity index (χ0n) is 11.0. The van der Waals surface area contributed by atoms with E-state index in [2.05, 4.69) is 38.0 Å². The first kappa shape index (κ1) is 14.9. The smallest absolute Gasteiger partial charge is 0.0589 e. The van der Waals surface area contributed by atoms with Gasteiger partial charge in [0, 0.05) is 32.8 Å². The highest BCUT2D eigenvalue weighted by atomic mass is 16.5. The molecule has 3 nitrogen and oxygen atoms in total. The highest BCUT2D eigenvalue weighted by Crippen LogP contribution is 2.03. The Hall–Kier alpha value is -0.120. The van der Waals surface area contributed by atoms with Crippen LogP contribution in [-0.2, 0) is 4.74 Å². The Labute approximate surface area is 95.2 Å². The summed E-state index contributed by atoms with van der Waals surface area (Å²) in [5.41, 5.74) is 0. The first-order valence-electron chi connectivity index (χ1n) is 5.97. The minimum absolute atomic E-state index is 0.626. The molecule has 0 aliphatic heterocycles. The molecule has 0 bridgehead atoms. The molecular formula is C12H28N2O. The fourth-order valence-corrected chi connectivity index (χ4v) is 1.65. The Kier molecular flexibility index (Phi) is 9.06. The van der Waals surface area contributed by atoms with Gasteiger partial charge in [-0.3, -0.25) is 0 Å². The van der Waals surface area contributed by atoms with Crippen LogP contribution in [0.5, 0.6) is 0 Å². The highest BCUT2D eigenvalue weighted by Gasteiger charge is 2.04. The molecular weight excluding hydrogens is 188 g/mol. The lowest BCUT2D eigenvalue weighted by Gasteiger charge is -2.20. The van der Waals surface area contributed by atoms with Gasteiger partial charge < -0.3 is 15.0 Å². The van der Waals surface area contributed by atoms with Gasteiger partial charge in [0.25, 0.3) is 0 Å². The minimum Gasteiger partial charge on any atom is -0.383 e. The minimum atomic E-state index is 0.626. The molecule has 0 saturated carbocycles. The Morgan fingerprint density at radius 2 is 1.87 bits per heavy atom. The zero-order valence-corrected chi connectivity index (χ0v) is 11.0. The first-order chi connectivity index (χ1) is 7.06. The quantitative estimate of drug-likeness (QED) is 0.633. The lowest BCUT2D eigenvalue weighted by Crippen LogP contribution is -2.36. The molecule has 1 N–H and O–H groups in total. The van der Waals surface area contributed by atoms with Crippen molar-refractivity contribution in [3.05, 3.63) is 0 Å². The molecule has 0 aliphatic carbocycles. The molecule has 0 rings (SSSR count). The SMILES string of the molecule is COCCN(C)CCNC(C)CC(C)C. The van der Waals surface area contributed by atoms with Crippen LogP contribution < -0.4 is 5.32 Å². The number of methoxy groups -OCH3 is 1. The number of nitrogens with one attached hydrogen (secondary N) is 1. The second kappa shape index (κ2) is 9.13. The fraction of sp³-hybridized carbons (Fsp3) is 1.00. The summed E-state index contributed by atoms with van der Waals surface area (Å²) >= 11 is 0. The van der Waals surface area contributed by atoms with E-state index in [4.69, 9.17) is 4.74 Å². The maximum Gasteiger partial charge on any atom is 0.0589 e. The van der Waals surface area contributed by atoms with Crippen molar-refractivity contribution in [1.29, 1.82) is 0 Å². The van der Waals surface area contributed by atoms with Crippen LogP contribution in [0, 0.1) is 5.92 Å². The number of hydrogen-bond acceptors (Lipinski definition) is 3. The average Bonchev–Trinajstić information content (AvgIpc) is 2.13. The standard InChI is InChI=1S/C12H28N2O/c1-11(2)10-12(3)13-6-7-14(4)8-9-15-5/h11-13H,6-10H2,1-5H3. The maximum atomic E-state index is 5.03. The van der Waals surface area contributed by atoms with E-state index in [1.807, 2.05) is 0 Å². The van der Waals surface area contributed by atoms with Crippen LogP contribution in [0.1, 0.15) is 27.2 Å². The number of ether oxygens (including phenoxy) is 1. The van der Waals surface area contributed by atoms with Gasteiger partial charge in [0.05, 0.1) is 6.61 Å². The Balaban J connectivity index is 3.35. The molecule has 1 unspecified atom stereocenters. The van der Waals surface area contributed by atoms with Crippen molar-refractivity contribution < 1.29 is 4.74 Å². The summed E-state index contributed by atoms with van der Waals surface area (Å²) in [6.45, 7) is 10.8. The predicted octanol–water partition coefficient (Wildman–Crippen LogP) is 1.59. The first-order valence-corrected chi connectivity index (χ1v) is 5.97. The van der Waals surface area contributed by atoms with Crippen molar-refractivity contribution in [1.82, 2.24) is 10.2 Å². The van der Waals surface area contributed by atoms with Crippen LogP contribution in [-0.4, -0.2) is 51.3 Å². The topological polar surface area (TPSA) is 24.5 Å². The number of likely N-dealkylation sites (N-methyl/N-ethyl adjacent to an activating group) is 1. The van der Waals surface area contributed by atoms with Crippen LogP contribution in [0.15, 0.2) is 0 Å². The number of rotatable bonds is 9. The van der Waals surface area contributed by atoms with Gasteiger partial charge in [0.1, 0.15) is 0 Å². The maximum absolute atomic E-state index is 5.03. The molecule has 0 heterocycles. The monoisotopic (exact) mass is 216 g/mol. The Morgan fingerprint density at radius 3 is 2.40 bits per heavy atom. The summed E-state index contributed by atoms with van der Waals surface area (Å²) in [7, 11) is 3.88. The van der Waals surface area contributed by atoms with Crippen molar-refractivity contribution >= 4 is 0 Å². The van der Waals surface area contributed by atoms with E-state index < -0.39 is 0 Å². The summed E-state index contributed by atoms with van der Waals surface area (Å²) in [5.74, 6) is 0.777. The molecule has 0 aromatic rings. The van der Waals surface area contributed by atoms with E-state index in [1.165, 1.54) is 6.42 Å². The lowest BCUT2D eigenvalue weighted by atomic mass is 10.1. The van der Waals surface area contributed by atoms with E-state index in [9.17, 15) is 0 Å². The molecule has 92 valence electrons. The third-order valence-corrected chi connectivity index (χ3v) is 2.49. The molecule has 0 fully saturated rings. The largest absolute Gasteiger partial charge is 0.383 e. The number of hydrogen-bond donors (Lipinski definition) is 1. The Morgan fingerprint density at radius 1 is 1.20 bits per heavy atom. The van der Waals surface area contributed by atoms with E-state index >= 15 is 0 Å². The van der Waals surface area contributed by atoms with E-state index in [1.54, 1.807) is 7.11 Å². The molecule has 15 heavy (non-hydrogen) atoms. The van der Waals surface area contributed by atoms with Crippen molar-refractivity contribution in [2.45, 2.75) is 33.2 Å². The van der Waals surface area contributed by atoms with Crippen molar-refractivity contribution in [2.75, 3.05) is 40.4 Å². The summed E-state index contributed by atoms with van der Waals surface area (Å²) in [5, 5.41) is 3.54. The molecule has 0 aromatic carbocycles. The van der Waals surface area contributed by atoms with Gasteiger partial charge in [0.2, 0.25) is 0 Å². The predicted molar refractivity (Wildman–Crippen MR) is 66.3 cm³/mol. The normalized spacial score (nSPS) is 13.8. The van der Waals surface area contributed by atoms with Gasteiger partial charge >= 0.3 is 0 Å². The van der Waals surface area contributed by atoms with Gasteiger partial charge in [-0.2, -0.15) is 0 Å². The van der Waals surface area contributed by atoms with E-state index in [0.717, 1.165) is 32.2 Å². The van der Waals surface area contributed by atoms with Crippen LogP contribution in [0.25, 0.3) is 0 Å². The summed E-state index contributed by atoms with van der Waals surface area (Å²) in [6.07, 6.45) is 1.25. The number of nitrogens with zero attached hydrogens (tertiary/aromatic N) is 1. The molecule has 1 atom stereocenters. The molecule has 0 amide bonds. The lowest BCUT2D eigenvalue weighted by molar-refractivity contribution is 0.161. The molecule has 0 spiro atoms. The van der Waals surface area contributed by atoms with E-state index in [0.29, 0.717) is 6.04 Å². The van der Waals surface area contributed by atoms with Crippen LogP contribution in [0.4, 0.5) is 0 Å². The fourth-order valence-electron chi connectivity index (χ4n) is 1.65. The van der Waals surface area contributed by atoms with E-state index in [-0.39, 0.29) is 0 Å². The summed E-state index contributed by atoms with van der Waals surface area (Å²) in [6, 6.07) is 0.626. The molecule has 3 heteroatoms.